The predicted molar refractivity (Wildman–Crippen MR) is 138 cm³/mol. The number of hydrogen-bond donors (Lipinski definition) is 1. The molecule has 0 radical (unpaired) electrons. The monoisotopic (exact) mass is 459 g/mol. The van der Waals surface area contributed by atoms with Gasteiger partial charge in [-0.2, -0.15) is 0 Å². The molecule has 3 rings (SSSR count). The van der Waals surface area contributed by atoms with Gasteiger partial charge in [0, 0.05) is 17.0 Å². The van der Waals surface area contributed by atoms with Crippen LogP contribution in [-0.4, -0.2) is 18.6 Å². The Hall–Kier alpha value is -3.11. The molecule has 0 saturated carbocycles. The Morgan fingerprint density at radius 1 is 0.882 bits per heavy atom. The van der Waals surface area contributed by atoms with Crippen LogP contribution in [0.4, 0.5) is 0 Å². The van der Waals surface area contributed by atoms with E-state index in [2.05, 4.69) is 39.8 Å². The minimum absolute atomic E-state index is 0.0496. The van der Waals surface area contributed by atoms with Crippen molar-refractivity contribution in [1.82, 2.24) is 0 Å². The summed E-state index contributed by atoms with van der Waals surface area (Å²) in [4.78, 5) is 12.4. The van der Waals surface area contributed by atoms with E-state index >= 15 is 0 Å². The molecule has 4 nitrogen and oxygen atoms in total. The van der Waals surface area contributed by atoms with Gasteiger partial charge >= 0.3 is 5.97 Å². The Morgan fingerprint density at radius 2 is 1.47 bits per heavy atom. The zero-order chi connectivity index (χ0) is 24.7. The summed E-state index contributed by atoms with van der Waals surface area (Å²) in [6.07, 6.45) is 0.721. The molecule has 2 N–H and O–H groups in total. The van der Waals surface area contributed by atoms with Crippen LogP contribution in [0.15, 0.2) is 78.9 Å². The second-order valence-electron chi connectivity index (χ2n) is 9.61. The van der Waals surface area contributed by atoms with Gasteiger partial charge in [0.2, 0.25) is 0 Å². The third-order valence-electron chi connectivity index (χ3n) is 6.95. The van der Waals surface area contributed by atoms with Crippen molar-refractivity contribution in [2.45, 2.75) is 52.2 Å². The second kappa shape index (κ2) is 11.3. The van der Waals surface area contributed by atoms with Gasteiger partial charge in [0.15, 0.2) is 0 Å². The third kappa shape index (κ3) is 5.87. The van der Waals surface area contributed by atoms with Gasteiger partial charge in [-0.05, 0) is 47.6 Å². The van der Waals surface area contributed by atoms with E-state index in [-0.39, 0.29) is 23.7 Å². The van der Waals surface area contributed by atoms with Crippen molar-refractivity contribution in [3.63, 3.8) is 0 Å². The Labute approximate surface area is 204 Å². The van der Waals surface area contributed by atoms with Gasteiger partial charge in [-0.3, -0.25) is 0 Å². The molecule has 0 amide bonds. The van der Waals surface area contributed by atoms with Crippen LogP contribution < -0.4 is 10.5 Å². The van der Waals surface area contributed by atoms with Crippen molar-refractivity contribution in [3.8, 4) is 5.75 Å². The lowest BCUT2D eigenvalue weighted by Crippen LogP contribution is -2.51. The first-order valence-electron chi connectivity index (χ1n) is 12.0. The average molecular weight is 460 g/mol. The average Bonchev–Trinajstić information content (AvgIpc) is 2.86. The molecule has 180 valence electrons. The van der Waals surface area contributed by atoms with Gasteiger partial charge in [0.05, 0.1) is 12.7 Å². The number of esters is 1. The van der Waals surface area contributed by atoms with Crippen LogP contribution in [0.3, 0.4) is 0 Å². The number of rotatable bonds is 10. The summed E-state index contributed by atoms with van der Waals surface area (Å²) in [5, 5.41) is 0. The number of nitrogens with two attached hydrogens (primary N) is 1. The first kappa shape index (κ1) is 25.5. The van der Waals surface area contributed by atoms with Crippen molar-refractivity contribution in [3.05, 3.63) is 101 Å². The molecule has 0 aliphatic rings. The van der Waals surface area contributed by atoms with Crippen LogP contribution in [0.1, 0.15) is 67.1 Å². The van der Waals surface area contributed by atoms with Gasteiger partial charge in [-0.15, -0.1) is 0 Å². The summed E-state index contributed by atoms with van der Waals surface area (Å²) in [5.41, 5.74) is 10.3. The van der Waals surface area contributed by atoms with Crippen molar-refractivity contribution < 1.29 is 14.3 Å². The Bertz CT molecular complexity index is 1050. The minimum atomic E-state index is -0.404. The summed E-state index contributed by atoms with van der Waals surface area (Å²) >= 11 is 0. The smallest absolute Gasteiger partial charge is 0.337 e. The highest BCUT2D eigenvalue weighted by Gasteiger charge is 2.37. The van der Waals surface area contributed by atoms with E-state index in [0.717, 1.165) is 28.9 Å². The summed E-state index contributed by atoms with van der Waals surface area (Å²) in [7, 11) is 1.40. The molecule has 1 unspecified atom stereocenters. The van der Waals surface area contributed by atoms with E-state index in [1.54, 1.807) is 6.07 Å². The van der Waals surface area contributed by atoms with E-state index in [1.165, 1.54) is 7.11 Å². The Balaban J connectivity index is 2.12. The minimum Gasteiger partial charge on any atom is -0.489 e. The third-order valence-corrected chi connectivity index (χ3v) is 6.95. The van der Waals surface area contributed by atoms with Gasteiger partial charge in [0.25, 0.3) is 0 Å². The number of hydrogen-bond acceptors (Lipinski definition) is 4. The molecule has 0 aromatic heterocycles. The molecule has 0 bridgehead atoms. The van der Waals surface area contributed by atoms with Crippen LogP contribution in [0.2, 0.25) is 0 Å². The lowest BCUT2D eigenvalue weighted by atomic mass is 9.69. The van der Waals surface area contributed by atoms with E-state index < -0.39 is 5.54 Å². The largest absolute Gasteiger partial charge is 0.489 e. The zero-order valence-electron chi connectivity index (χ0n) is 21.0. The molecule has 0 fully saturated rings. The molecule has 4 heteroatoms. The molecule has 34 heavy (non-hydrogen) atoms. The highest BCUT2D eigenvalue weighted by Crippen LogP contribution is 2.42. The summed E-state index contributed by atoms with van der Waals surface area (Å²) < 4.78 is 11.4. The lowest BCUT2D eigenvalue weighted by Gasteiger charge is -2.41. The van der Waals surface area contributed by atoms with Crippen LogP contribution >= 0.6 is 0 Å². The number of ether oxygens (including phenoxy) is 2. The molecule has 0 heterocycles. The highest BCUT2D eigenvalue weighted by molar-refractivity contribution is 5.89. The van der Waals surface area contributed by atoms with Gasteiger partial charge in [-0.1, -0.05) is 88.4 Å². The maximum atomic E-state index is 12.4. The highest BCUT2D eigenvalue weighted by atomic mass is 16.5. The quantitative estimate of drug-likeness (QED) is 0.348. The van der Waals surface area contributed by atoms with Crippen molar-refractivity contribution in [1.29, 1.82) is 0 Å². The Kier molecular flexibility index (Phi) is 8.51. The summed E-state index contributed by atoms with van der Waals surface area (Å²) in [6, 6.07) is 26.0. The number of carbonyl (C=O) groups excluding carboxylic acids is 1. The fraction of sp³-hybridized carbons (Fsp3) is 0.367. The fourth-order valence-electron chi connectivity index (χ4n) is 4.52. The summed E-state index contributed by atoms with van der Waals surface area (Å²) in [5.74, 6) is 0.883. The molecule has 1 atom stereocenters. The van der Waals surface area contributed by atoms with E-state index in [4.69, 9.17) is 15.2 Å². The maximum absolute atomic E-state index is 12.4. The summed E-state index contributed by atoms with van der Waals surface area (Å²) in [6.45, 7) is 9.16. The molecular weight excluding hydrogens is 422 g/mol. The lowest BCUT2D eigenvalue weighted by molar-refractivity contribution is 0.0600. The molecule has 3 aromatic carbocycles. The SMILES string of the molecule is COC(=O)c1ccc(OCc2ccccc2)c(C(CC(N)(C(C)C)C(C)C)c2ccccc2)c1. The van der Waals surface area contributed by atoms with Crippen molar-refractivity contribution in [2.75, 3.05) is 7.11 Å². The van der Waals surface area contributed by atoms with E-state index in [1.807, 2.05) is 60.7 Å². The fourth-order valence-corrected chi connectivity index (χ4v) is 4.52. The van der Waals surface area contributed by atoms with Crippen LogP contribution in [-0.2, 0) is 11.3 Å². The second-order valence-corrected chi connectivity index (χ2v) is 9.61. The molecule has 0 aliphatic heterocycles. The first-order valence-corrected chi connectivity index (χ1v) is 12.0. The molecule has 0 aliphatic carbocycles. The maximum Gasteiger partial charge on any atom is 0.337 e. The topological polar surface area (TPSA) is 61.5 Å². The molecular formula is C30H37NO3. The molecule has 0 saturated heterocycles. The molecule has 0 spiro atoms. The molecule has 3 aromatic rings. The van der Waals surface area contributed by atoms with Crippen LogP contribution in [0, 0.1) is 11.8 Å². The van der Waals surface area contributed by atoms with E-state index in [9.17, 15) is 4.79 Å². The van der Waals surface area contributed by atoms with Gasteiger partial charge < -0.3 is 15.2 Å². The van der Waals surface area contributed by atoms with Crippen molar-refractivity contribution >= 4 is 5.97 Å². The van der Waals surface area contributed by atoms with E-state index in [0.29, 0.717) is 12.2 Å². The van der Waals surface area contributed by atoms with Gasteiger partial charge in [0.1, 0.15) is 12.4 Å². The number of methoxy groups -OCH3 is 1. The standard InChI is InChI=1S/C30H37NO3/c1-21(2)30(31,22(3)4)19-27(24-14-10-7-11-15-24)26-18-25(29(32)33-5)16-17-28(26)34-20-23-12-8-6-9-13-23/h6-18,21-22,27H,19-20,31H2,1-5H3. The number of benzene rings is 3. The Morgan fingerprint density at radius 3 is 2.03 bits per heavy atom. The normalized spacial score (nSPS) is 12.6. The zero-order valence-corrected chi connectivity index (χ0v) is 21.0. The van der Waals surface area contributed by atoms with Crippen molar-refractivity contribution in [2.24, 2.45) is 17.6 Å². The number of carbonyl (C=O) groups is 1. The first-order chi connectivity index (χ1) is 16.3. The van der Waals surface area contributed by atoms with Crippen LogP contribution in [0.5, 0.6) is 5.75 Å². The predicted octanol–water partition coefficient (Wildman–Crippen LogP) is 6.58. The van der Waals surface area contributed by atoms with Crippen LogP contribution in [0.25, 0.3) is 0 Å². The van der Waals surface area contributed by atoms with Gasteiger partial charge in [-0.25, -0.2) is 4.79 Å².